The van der Waals surface area contributed by atoms with E-state index < -0.39 is 0 Å². The molecule has 20 heavy (non-hydrogen) atoms. The van der Waals surface area contributed by atoms with Crippen molar-refractivity contribution >= 4 is 34.8 Å². The van der Waals surface area contributed by atoms with E-state index in [9.17, 15) is 0 Å². The van der Waals surface area contributed by atoms with Crippen LogP contribution in [0.25, 0.3) is 0 Å². The van der Waals surface area contributed by atoms with Gasteiger partial charge in [-0.2, -0.15) is 0 Å². The highest BCUT2D eigenvalue weighted by Crippen LogP contribution is 2.35. The average Bonchev–Trinajstić information content (AvgIpc) is 2.72. The molecule has 1 aliphatic rings. The van der Waals surface area contributed by atoms with Crippen LogP contribution in [0.2, 0.25) is 10.0 Å². The van der Waals surface area contributed by atoms with Gasteiger partial charge >= 0.3 is 0 Å². The molecular formula is C15H23Cl2N3. The molecule has 1 aromatic heterocycles. The number of aromatic nitrogens is 1. The Labute approximate surface area is 131 Å². The summed E-state index contributed by atoms with van der Waals surface area (Å²) in [5, 5.41) is 7.88. The Hall–Kier alpha value is -0.670. The van der Waals surface area contributed by atoms with E-state index in [1.54, 1.807) is 6.07 Å². The summed E-state index contributed by atoms with van der Waals surface area (Å²) in [7, 11) is 0. The first-order chi connectivity index (χ1) is 9.52. The number of hydrogen-bond acceptors (Lipinski definition) is 3. The summed E-state index contributed by atoms with van der Waals surface area (Å²) in [4.78, 5) is 4.55. The number of nitrogens with one attached hydrogen (secondary N) is 2. The SMILES string of the molecule is CCCNc1nc(NC2CCC(C)C2C)c(Cl)cc1Cl. The standard InChI is InChI=1S/C15H23Cl2N3/c1-4-7-18-14-11(16)8-12(17)15(20-14)19-13-6-5-9(2)10(13)3/h8-10,13H,4-7H2,1-3H3,(H2,18,19,20). The first-order valence-electron chi connectivity index (χ1n) is 7.39. The lowest BCUT2D eigenvalue weighted by Gasteiger charge is -2.21. The quantitative estimate of drug-likeness (QED) is 0.797. The van der Waals surface area contributed by atoms with Gasteiger partial charge in [0.15, 0.2) is 0 Å². The monoisotopic (exact) mass is 315 g/mol. The molecule has 5 heteroatoms. The Kier molecular flexibility index (Phi) is 5.39. The third-order valence-electron chi connectivity index (χ3n) is 4.26. The van der Waals surface area contributed by atoms with Crippen molar-refractivity contribution < 1.29 is 0 Å². The Morgan fingerprint density at radius 3 is 2.50 bits per heavy atom. The summed E-state index contributed by atoms with van der Waals surface area (Å²) in [6.07, 6.45) is 3.45. The van der Waals surface area contributed by atoms with Gasteiger partial charge in [-0.15, -0.1) is 0 Å². The van der Waals surface area contributed by atoms with Crippen molar-refractivity contribution in [3.8, 4) is 0 Å². The second kappa shape index (κ2) is 6.86. The average molecular weight is 316 g/mol. The van der Waals surface area contributed by atoms with E-state index in [0.717, 1.165) is 24.7 Å². The van der Waals surface area contributed by atoms with Crippen LogP contribution >= 0.6 is 23.2 Å². The second-order valence-corrected chi connectivity index (χ2v) is 6.55. The van der Waals surface area contributed by atoms with Crippen molar-refractivity contribution in [2.45, 2.75) is 46.1 Å². The predicted octanol–water partition coefficient (Wildman–Crippen LogP) is 5.06. The molecule has 0 spiro atoms. The van der Waals surface area contributed by atoms with Crippen LogP contribution in [0.15, 0.2) is 6.07 Å². The van der Waals surface area contributed by atoms with Crippen LogP contribution in [0.3, 0.4) is 0 Å². The van der Waals surface area contributed by atoms with Crippen molar-refractivity contribution in [3.05, 3.63) is 16.1 Å². The van der Waals surface area contributed by atoms with Crippen LogP contribution in [0.5, 0.6) is 0 Å². The fraction of sp³-hybridized carbons (Fsp3) is 0.667. The van der Waals surface area contributed by atoms with Crippen LogP contribution in [0, 0.1) is 11.8 Å². The number of nitrogens with zero attached hydrogens (tertiary/aromatic N) is 1. The van der Waals surface area contributed by atoms with Gasteiger partial charge < -0.3 is 10.6 Å². The first-order valence-corrected chi connectivity index (χ1v) is 8.15. The molecule has 0 aromatic carbocycles. The van der Waals surface area contributed by atoms with Crippen molar-refractivity contribution in [1.29, 1.82) is 0 Å². The molecule has 0 radical (unpaired) electrons. The summed E-state index contributed by atoms with van der Waals surface area (Å²) in [6, 6.07) is 2.20. The number of hydrogen-bond donors (Lipinski definition) is 2. The van der Waals surface area contributed by atoms with E-state index in [4.69, 9.17) is 23.2 Å². The number of anilines is 2. The minimum atomic E-state index is 0.440. The van der Waals surface area contributed by atoms with Crippen molar-refractivity contribution in [2.24, 2.45) is 11.8 Å². The molecule has 2 rings (SSSR count). The smallest absolute Gasteiger partial charge is 0.147 e. The fourth-order valence-corrected chi connectivity index (χ4v) is 3.16. The highest BCUT2D eigenvalue weighted by atomic mass is 35.5. The van der Waals surface area contributed by atoms with Gasteiger partial charge in [-0.1, -0.05) is 44.0 Å². The highest BCUT2D eigenvalue weighted by molar-refractivity contribution is 6.37. The topological polar surface area (TPSA) is 37.0 Å². The lowest BCUT2D eigenvalue weighted by atomic mass is 9.98. The van der Waals surface area contributed by atoms with Gasteiger partial charge in [-0.25, -0.2) is 4.98 Å². The molecule has 3 nitrogen and oxygen atoms in total. The van der Waals surface area contributed by atoms with Crippen LogP contribution in [0.1, 0.15) is 40.0 Å². The van der Waals surface area contributed by atoms with Crippen LogP contribution in [0.4, 0.5) is 11.6 Å². The van der Waals surface area contributed by atoms with Gasteiger partial charge in [-0.3, -0.25) is 0 Å². The summed E-state index contributed by atoms with van der Waals surface area (Å²) in [5.74, 6) is 2.83. The molecule has 3 atom stereocenters. The molecule has 0 saturated heterocycles. The molecule has 0 bridgehead atoms. The Morgan fingerprint density at radius 1 is 1.20 bits per heavy atom. The van der Waals surface area contributed by atoms with Crippen molar-refractivity contribution in [2.75, 3.05) is 17.2 Å². The van der Waals surface area contributed by atoms with Gasteiger partial charge in [0.05, 0.1) is 10.0 Å². The van der Waals surface area contributed by atoms with Gasteiger partial charge in [0.2, 0.25) is 0 Å². The van der Waals surface area contributed by atoms with Crippen LogP contribution in [-0.2, 0) is 0 Å². The Balaban J connectivity index is 2.14. The maximum absolute atomic E-state index is 6.26. The lowest BCUT2D eigenvalue weighted by Crippen LogP contribution is -2.25. The molecule has 1 saturated carbocycles. The van der Waals surface area contributed by atoms with Crippen LogP contribution in [-0.4, -0.2) is 17.6 Å². The van der Waals surface area contributed by atoms with Crippen molar-refractivity contribution in [3.63, 3.8) is 0 Å². The lowest BCUT2D eigenvalue weighted by molar-refractivity contribution is 0.435. The minimum Gasteiger partial charge on any atom is -0.369 e. The summed E-state index contributed by atoms with van der Waals surface area (Å²) in [5.41, 5.74) is 0. The van der Waals surface area contributed by atoms with Gasteiger partial charge in [0.1, 0.15) is 11.6 Å². The molecule has 0 aliphatic heterocycles. The number of rotatable bonds is 5. The number of halogens is 2. The van der Waals surface area contributed by atoms with E-state index in [-0.39, 0.29) is 0 Å². The largest absolute Gasteiger partial charge is 0.369 e. The van der Waals surface area contributed by atoms with E-state index in [1.807, 2.05) is 0 Å². The summed E-state index contributed by atoms with van der Waals surface area (Å²) < 4.78 is 0. The van der Waals surface area contributed by atoms with E-state index in [1.165, 1.54) is 12.8 Å². The number of pyridine rings is 1. The molecule has 2 N–H and O–H groups in total. The maximum atomic E-state index is 6.26. The molecule has 0 amide bonds. The summed E-state index contributed by atoms with van der Waals surface area (Å²) in [6.45, 7) is 7.55. The molecule has 1 fully saturated rings. The molecule has 3 unspecified atom stereocenters. The third-order valence-corrected chi connectivity index (χ3v) is 4.84. The first kappa shape index (κ1) is 15.7. The van der Waals surface area contributed by atoms with E-state index >= 15 is 0 Å². The Bertz CT molecular complexity index is 465. The maximum Gasteiger partial charge on any atom is 0.147 e. The molecule has 1 aromatic rings. The molecule has 112 valence electrons. The van der Waals surface area contributed by atoms with E-state index in [0.29, 0.717) is 27.8 Å². The second-order valence-electron chi connectivity index (χ2n) is 5.74. The zero-order chi connectivity index (χ0) is 14.7. The van der Waals surface area contributed by atoms with Gasteiger partial charge in [0.25, 0.3) is 0 Å². The predicted molar refractivity (Wildman–Crippen MR) is 88.0 cm³/mol. The van der Waals surface area contributed by atoms with Crippen LogP contribution < -0.4 is 10.6 Å². The molecule has 1 aliphatic carbocycles. The van der Waals surface area contributed by atoms with Gasteiger partial charge in [0, 0.05) is 12.6 Å². The zero-order valence-corrected chi connectivity index (χ0v) is 13.9. The molecule has 1 heterocycles. The molecular weight excluding hydrogens is 293 g/mol. The third kappa shape index (κ3) is 3.50. The highest BCUT2D eigenvalue weighted by Gasteiger charge is 2.30. The Morgan fingerprint density at radius 2 is 1.90 bits per heavy atom. The van der Waals surface area contributed by atoms with Gasteiger partial charge in [-0.05, 0) is 37.2 Å². The summed E-state index contributed by atoms with van der Waals surface area (Å²) >= 11 is 12.4. The fourth-order valence-electron chi connectivity index (χ4n) is 2.68. The minimum absolute atomic E-state index is 0.440. The van der Waals surface area contributed by atoms with Crippen molar-refractivity contribution in [1.82, 2.24) is 4.98 Å². The normalized spacial score (nSPS) is 25.8. The van der Waals surface area contributed by atoms with E-state index in [2.05, 4.69) is 36.4 Å². The zero-order valence-electron chi connectivity index (χ0n) is 12.3.